The van der Waals surface area contributed by atoms with Gasteiger partial charge in [-0.1, -0.05) is 12.2 Å². The number of aromatic amines is 2. The topological polar surface area (TPSA) is 57.4 Å². The summed E-state index contributed by atoms with van der Waals surface area (Å²) in [5.41, 5.74) is 1.54. The van der Waals surface area contributed by atoms with Crippen molar-refractivity contribution in [2.45, 2.75) is 0 Å². The molecule has 0 aliphatic heterocycles. The Morgan fingerprint density at radius 1 is 1.18 bits per heavy atom. The van der Waals surface area contributed by atoms with Gasteiger partial charge in [0.1, 0.15) is 5.52 Å². The smallest absolute Gasteiger partial charge is 0.341 e. The van der Waals surface area contributed by atoms with Gasteiger partial charge >= 0.3 is 20.4 Å². The second kappa shape index (κ2) is 3.22. The third-order valence-electron chi connectivity index (χ3n) is 1.24. The van der Waals surface area contributed by atoms with Crippen molar-refractivity contribution in [1.29, 1.82) is 0 Å². The van der Waals surface area contributed by atoms with Crippen LogP contribution in [0.4, 0.5) is 0 Å². The van der Waals surface area contributed by atoms with E-state index in [0.29, 0.717) is 4.64 Å². The van der Waals surface area contributed by atoms with Crippen molar-refractivity contribution in [3.8, 4) is 0 Å². The molecule has 0 aliphatic rings. The summed E-state index contributed by atoms with van der Waals surface area (Å²) in [6.45, 7) is 0. The summed E-state index contributed by atoms with van der Waals surface area (Å²) in [5.74, 6) is 0. The van der Waals surface area contributed by atoms with Crippen LogP contribution in [0.5, 0.6) is 0 Å². The molecule has 11 heavy (non-hydrogen) atoms. The van der Waals surface area contributed by atoms with E-state index in [1.54, 1.807) is 6.33 Å². The Morgan fingerprint density at radius 2 is 1.91 bits per heavy atom. The molecule has 0 unspecified atom stereocenters. The van der Waals surface area contributed by atoms with Crippen LogP contribution in [0.3, 0.4) is 0 Å². The second-order valence-electron chi connectivity index (χ2n) is 1.83. The van der Waals surface area contributed by atoms with Crippen LogP contribution >= 0.6 is 12.2 Å². The number of aromatic nitrogens is 4. The van der Waals surface area contributed by atoms with Crippen molar-refractivity contribution < 1.29 is 20.4 Å². The number of fused-ring (bicyclic) bond motifs is 1. The monoisotopic (exact) mass is 258 g/mol. The van der Waals surface area contributed by atoms with E-state index in [-0.39, 0.29) is 20.4 Å². The molecule has 2 heterocycles. The Balaban J connectivity index is 0.000000605. The first-order valence-corrected chi connectivity index (χ1v) is 3.15. The Morgan fingerprint density at radius 3 is 2.64 bits per heavy atom. The average Bonchev–Trinajstić information content (AvgIpc) is 2.36. The van der Waals surface area contributed by atoms with Crippen molar-refractivity contribution in [2.24, 2.45) is 0 Å². The van der Waals surface area contributed by atoms with Gasteiger partial charge in [-0.3, -0.25) is 0 Å². The Hall–Kier alpha value is -0.568. The van der Waals surface area contributed by atoms with E-state index in [1.807, 2.05) is 0 Å². The molecular weight excluding hydrogens is 255 g/mol. The van der Waals surface area contributed by atoms with E-state index in [2.05, 4.69) is 19.9 Å². The number of rotatable bonds is 0. The zero-order valence-corrected chi connectivity index (χ0v) is 7.64. The molecule has 0 spiro atoms. The molecule has 0 amide bonds. The number of nitrogens with one attached hydrogen (secondary N) is 2. The molecule has 4 nitrogen and oxygen atoms in total. The summed E-state index contributed by atoms with van der Waals surface area (Å²) in [7, 11) is 0. The molecule has 0 fully saturated rings. The number of hydrogen-bond donors (Lipinski definition) is 2. The van der Waals surface area contributed by atoms with Crippen molar-refractivity contribution >= 4 is 23.4 Å². The van der Waals surface area contributed by atoms with Crippen molar-refractivity contribution in [3.05, 3.63) is 17.3 Å². The predicted molar refractivity (Wildman–Crippen MR) is 39.1 cm³/mol. The van der Waals surface area contributed by atoms with Gasteiger partial charge in [0.05, 0.1) is 12.7 Å². The van der Waals surface area contributed by atoms with Gasteiger partial charge in [-0.15, -0.1) is 0 Å². The zero-order chi connectivity index (χ0) is 6.97. The van der Waals surface area contributed by atoms with Gasteiger partial charge in [0.2, 0.25) is 0 Å². The minimum atomic E-state index is 0. The minimum absolute atomic E-state index is 0. The van der Waals surface area contributed by atoms with Crippen LogP contribution in [0.25, 0.3) is 11.2 Å². The summed E-state index contributed by atoms with van der Waals surface area (Å²) >= 11 is 4.91. The van der Waals surface area contributed by atoms with Gasteiger partial charge in [0.15, 0.2) is 10.3 Å². The van der Waals surface area contributed by atoms with E-state index in [0.717, 1.165) is 11.2 Å². The molecule has 0 bridgehead atoms. The van der Waals surface area contributed by atoms with Gasteiger partial charge in [-0.25, -0.2) is 9.97 Å². The van der Waals surface area contributed by atoms with Crippen molar-refractivity contribution in [3.63, 3.8) is 0 Å². The zero-order valence-electron chi connectivity index (χ0n) is 5.27. The minimum Gasteiger partial charge on any atom is -0.341 e. The largest absolute Gasteiger partial charge is 2.00 e. The molecule has 58 valence electrons. The van der Waals surface area contributed by atoms with Crippen LogP contribution < -0.4 is 0 Å². The molecule has 2 rings (SSSR count). The van der Waals surface area contributed by atoms with Crippen LogP contribution in [0.15, 0.2) is 12.7 Å². The third kappa shape index (κ3) is 1.38. The molecular formula is C5H4N4PdS+2. The molecule has 6 heteroatoms. The SMILES string of the molecule is S=c1nc[nH]c2nc[nH]c12.[Pd+2]. The van der Waals surface area contributed by atoms with Gasteiger partial charge in [0, 0.05) is 0 Å². The molecule has 0 saturated heterocycles. The van der Waals surface area contributed by atoms with Crippen LogP contribution in [0, 0.1) is 4.64 Å². The molecule has 0 saturated carbocycles. The third-order valence-corrected chi connectivity index (χ3v) is 1.55. The molecule has 0 atom stereocenters. The van der Waals surface area contributed by atoms with Crippen LogP contribution in [-0.4, -0.2) is 19.9 Å². The number of hydrogen-bond acceptors (Lipinski definition) is 3. The van der Waals surface area contributed by atoms with Gasteiger partial charge in [0.25, 0.3) is 0 Å². The fraction of sp³-hybridized carbons (Fsp3) is 0. The number of H-pyrrole nitrogens is 2. The number of imidazole rings is 1. The first-order valence-electron chi connectivity index (χ1n) is 2.75. The maximum Gasteiger partial charge on any atom is 2.00 e. The van der Waals surface area contributed by atoms with Crippen molar-refractivity contribution in [2.75, 3.05) is 0 Å². The molecule has 2 aromatic rings. The summed E-state index contributed by atoms with van der Waals surface area (Å²) in [4.78, 5) is 13.6. The molecule has 2 N–H and O–H groups in total. The van der Waals surface area contributed by atoms with Crippen LogP contribution in [0.1, 0.15) is 0 Å². The fourth-order valence-electron chi connectivity index (χ4n) is 0.783. The summed E-state index contributed by atoms with van der Waals surface area (Å²) in [5, 5.41) is 0. The van der Waals surface area contributed by atoms with Crippen LogP contribution in [0.2, 0.25) is 0 Å². The maximum absolute atomic E-state index is 4.91. The molecule has 0 radical (unpaired) electrons. The predicted octanol–water partition coefficient (Wildman–Crippen LogP) is 1.01. The molecule has 0 aliphatic carbocycles. The summed E-state index contributed by atoms with van der Waals surface area (Å²) in [6, 6.07) is 0. The van der Waals surface area contributed by atoms with Gasteiger partial charge < -0.3 is 9.97 Å². The van der Waals surface area contributed by atoms with Gasteiger partial charge in [-0.05, 0) is 0 Å². The fourth-order valence-corrected chi connectivity index (χ4v) is 0.992. The standard InChI is InChI=1S/C5H4N4S.Pd/c10-5-3-4(7-1-6-3)8-2-9-5;/h1-2H,(H2,6,7,8,9,10);/q;+2. The Labute approximate surface area is 81.1 Å². The quantitative estimate of drug-likeness (QED) is 0.548. The second-order valence-corrected chi connectivity index (χ2v) is 2.22. The Kier molecular flexibility index (Phi) is 2.50. The Bertz CT molecular complexity index is 406. The normalized spacial score (nSPS) is 9.45. The maximum atomic E-state index is 4.91. The molecule has 2 aromatic heterocycles. The van der Waals surface area contributed by atoms with E-state index in [1.165, 1.54) is 6.33 Å². The summed E-state index contributed by atoms with van der Waals surface area (Å²) < 4.78 is 0.547. The van der Waals surface area contributed by atoms with E-state index < -0.39 is 0 Å². The van der Waals surface area contributed by atoms with Crippen LogP contribution in [-0.2, 0) is 20.4 Å². The van der Waals surface area contributed by atoms with E-state index in [9.17, 15) is 0 Å². The first kappa shape index (κ1) is 8.53. The number of nitrogens with zero attached hydrogens (tertiary/aromatic N) is 2. The average molecular weight is 259 g/mol. The van der Waals surface area contributed by atoms with E-state index in [4.69, 9.17) is 12.2 Å². The van der Waals surface area contributed by atoms with E-state index >= 15 is 0 Å². The summed E-state index contributed by atoms with van der Waals surface area (Å²) in [6.07, 6.45) is 3.12. The van der Waals surface area contributed by atoms with Crippen molar-refractivity contribution in [1.82, 2.24) is 19.9 Å². The first-order chi connectivity index (χ1) is 4.88. The molecule has 0 aromatic carbocycles. The van der Waals surface area contributed by atoms with Gasteiger partial charge in [-0.2, -0.15) is 0 Å².